The summed E-state index contributed by atoms with van der Waals surface area (Å²) in [6, 6.07) is 25.5. The first-order chi connectivity index (χ1) is 11.5. The van der Waals surface area contributed by atoms with Crippen LogP contribution in [0.5, 0.6) is 5.75 Å². The summed E-state index contributed by atoms with van der Waals surface area (Å²) in [5.41, 5.74) is 4.88. The standard InChI is InChI=1S/C22H24OSi/c1-22(2,3)23-19-15-14-18(16-10-6-4-7-11-16)20(21(19)24)17-12-8-5-9-13-17/h4-15H,1-3,24H3. The van der Waals surface area contributed by atoms with Gasteiger partial charge in [0.05, 0.1) is 0 Å². The number of rotatable bonds is 3. The van der Waals surface area contributed by atoms with Crippen molar-refractivity contribution in [2.24, 2.45) is 0 Å². The predicted octanol–water partition coefficient (Wildman–Crippen LogP) is 4.19. The molecule has 0 bridgehead atoms. The van der Waals surface area contributed by atoms with Gasteiger partial charge in [-0.1, -0.05) is 66.7 Å². The van der Waals surface area contributed by atoms with Gasteiger partial charge in [-0.05, 0) is 54.3 Å². The SMILES string of the molecule is CC(C)(C)Oc1ccc(-c2ccccc2)c(-c2ccccc2)c1[SiH3]. The molecule has 0 fully saturated rings. The molecule has 0 saturated carbocycles. The molecule has 0 radical (unpaired) electrons. The zero-order valence-corrected chi connectivity index (χ0v) is 16.8. The van der Waals surface area contributed by atoms with Crippen LogP contribution in [0.15, 0.2) is 72.8 Å². The van der Waals surface area contributed by atoms with Gasteiger partial charge in [-0.3, -0.25) is 0 Å². The predicted molar refractivity (Wildman–Crippen MR) is 107 cm³/mol. The van der Waals surface area contributed by atoms with Crippen molar-refractivity contribution in [2.75, 3.05) is 0 Å². The molecule has 0 aliphatic heterocycles. The van der Waals surface area contributed by atoms with Gasteiger partial charge in [0.15, 0.2) is 0 Å². The molecule has 0 spiro atoms. The quantitative estimate of drug-likeness (QED) is 0.654. The third kappa shape index (κ3) is 3.60. The molecule has 0 amide bonds. The van der Waals surface area contributed by atoms with Crippen molar-refractivity contribution in [2.45, 2.75) is 26.4 Å². The van der Waals surface area contributed by atoms with E-state index in [-0.39, 0.29) is 5.60 Å². The third-order valence-electron chi connectivity index (χ3n) is 3.98. The van der Waals surface area contributed by atoms with Gasteiger partial charge in [0, 0.05) is 10.2 Å². The monoisotopic (exact) mass is 332 g/mol. The van der Waals surface area contributed by atoms with Crippen LogP contribution in [0, 0.1) is 0 Å². The lowest BCUT2D eigenvalue weighted by molar-refractivity contribution is 0.132. The Kier molecular flexibility index (Phi) is 4.59. The van der Waals surface area contributed by atoms with Crippen LogP contribution in [0.1, 0.15) is 20.8 Å². The highest BCUT2D eigenvalue weighted by Gasteiger charge is 2.18. The normalized spacial score (nSPS) is 11.5. The van der Waals surface area contributed by atoms with Gasteiger partial charge in [0.2, 0.25) is 0 Å². The number of hydrogen-bond acceptors (Lipinski definition) is 1. The van der Waals surface area contributed by atoms with E-state index in [1.54, 1.807) is 0 Å². The Morgan fingerprint density at radius 3 is 1.79 bits per heavy atom. The van der Waals surface area contributed by atoms with Gasteiger partial charge in [0.1, 0.15) is 11.4 Å². The second-order valence-electron chi connectivity index (χ2n) is 7.06. The smallest absolute Gasteiger partial charge is 0.118 e. The summed E-state index contributed by atoms with van der Waals surface area (Å²) < 4.78 is 6.22. The zero-order valence-electron chi connectivity index (χ0n) is 14.8. The molecule has 3 rings (SSSR count). The summed E-state index contributed by atoms with van der Waals surface area (Å²) in [7, 11) is 0.930. The van der Waals surface area contributed by atoms with Crippen LogP contribution in [-0.2, 0) is 0 Å². The minimum Gasteiger partial charge on any atom is -0.488 e. The minimum absolute atomic E-state index is 0.193. The summed E-state index contributed by atoms with van der Waals surface area (Å²) in [4.78, 5) is 0. The van der Waals surface area contributed by atoms with Crippen molar-refractivity contribution >= 4 is 15.4 Å². The maximum Gasteiger partial charge on any atom is 0.118 e. The van der Waals surface area contributed by atoms with Crippen LogP contribution in [-0.4, -0.2) is 15.8 Å². The molecular formula is C22H24OSi. The van der Waals surface area contributed by atoms with E-state index >= 15 is 0 Å². The first kappa shape index (κ1) is 16.5. The molecule has 0 saturated heterocycles. The zero-order chi connectivity index (χ0) is 17.2. The van der Waals surface area contributed by atoms with Crippen LogP contribution >= 0.6 is 0 Å². The van der Waals surface area contributed by atoms with E-state index in [4.69, 9.17) is 4.74 Å². The van der Waals surface area contributed by atoms with Crippen molar-refractivity contribution in [3.8, 4) is 28.0 Å². The van der Waals surface area contributed by atoms with Gasteiger partial charge in [0.25, 0.3) is 0 Å². The third-order valence-corrected chi connectivity index (χ3v) is 4.97. The molecule has 0 N–H and O–H groups in total. The second-order valence-corrected chi connectivity index (χ2v) is 8.06. The van der Waals surface area contributed by atoms with Crippen LogP contribution in [0.2, 0.25) is 0 Å². The molecule has 2 heteroatoms. The van der Waals surface area contributed by atoms with E-state index in [1.807, 2.05) is 0 Å². The molecule has 24 heavy (non-hydrogen) atoms. The Morgan fingerprint density at radius 1 is 0.708 bits per heavy atom. The fourth-order valence-corrected chi connectivity index (χ4v) is 3.79. The van der Waals surface area contributed by atoms with E-state index in [0.717, 1.165) is 16.0 Å². The molecule has 1 nitrogen and oxygen atoms in total. The van der Waals surface area contributed by atoms with Crippen molar-refractivity contribution in [1.29, 1.82) is 0 Å². The van der Waals surface area contributed by atoms with Crippen LogP contribution in [0.25, 0.3) is 22.3 Å². The highest BCUT2D eigenvalue weighted by atomic mass is 28.1. The van der Waals surface area contributed by atoms with E-state index < -0.39 is 0 Å². The van der Waals surface area contributed by atoms with E-state index in [2.05, 4.69) is 93.6 Å². The number of benzene rings is 3. The lowest BCUT2D eigenvalue weighted by Crippen LogP contribution is -2.27. The Morgan fingerprint density at radius 2 is 1.25 bits per heavy atom. The molecule has 0 atom stereocenters. The molecule has 0 unspecified atom stereocenters. The van der Waals surface area contributed by atoms with E-state index in [1.165, 1.54) is 27.4 Å². The maximum absolute atomic E-state index is 6.22. The Bertz CT molecular complexity index is 818. The topological polar surface area (TPSA) is 9.23 Å². The van der Waals surface area contributed by atoms with Crippen molar-refractivity contribution in [1.82, 2.24) is 0 Å². The Labute approximate surface area is 147 Å². The molecule has 0 aliphatic carbocycles. The van der Waals surface area contributed by atoms with Crippen molar-refractivity contribution in [3.63, 3.8) is 0 Å². The van der Waals surface area contributed by atoms with E-state index in [9.17, 15) is 0 Å². The molecular weight excluding hydrogens is 308 g/mol. The van der Waals surface area contributed by atoms with Gasteiger partial charge >= 0.3 is 0 Å². The first-order valence-corrected chi connectivity index (χ1v) is 9.39. The number of hydrogen-bond donors (Lipinski definition) is 0. The summed E-state index contributed by atoms with van der Waals surface area (Å²) in [5.74, 6) is 1.01. The molecule has 0 aromatic heterocycles. The van der Waals surface area contributed by atoms with Gasteiger partial charge in [-0.2, -0.15) is 0 Å². The Hall–Kier alpha value is -2.32. The fourth-order valence-electron chi connectivity index (χ4n) is 2.97. The molecule has 0 heterocycles. The van der Waals surface area contributed by atoms with Crippen molar-refractivity contribution in [3.05, 3.63) is 72.8 Å². The fraction of sp³-hybridized carbons (Fsp3) is 0.182. The van der Waals surface area contributed by atoms with Crippen LogP contribution in [0.4, 0.5) is 0 Å². The first-order valence-electron chi connectivity index (χ1n) is 8.39. The Balaban J connectivity index is 2.22. The minimum atomic E-state index is -0.193. The average molecular weight is 333 g/mol. The largest absolute Gasteiger partial charge is 0.488 e. The summed E-state index contributed by atoms with van der Waals surface area (Å²) in [5, 5.41) is 1.32. The van der Waals surface area contributed by atoms with Crippen LogP contribution in [0.3, 0.4) is 0 Å². The average Bonchev–Trinajstić information content (AvgIpc) is 2.57. The summed E-state index contributed by atoms with van der Waals surface area (Å²) >= 11 is 0. The van der Waals surface area contributed by atoms with Gasteiger partial charge < -0.3 is 4.74 Å². The number of ether oxygens (including phenoxy) is 1. The lowest BCUT2D eigenvalue weighted by Gasteiger charge is -2.25. The maximum atomic E-state index is 6.22. The van der Waals surface area contributed by atoms with Crippen molar-refractivity contribution < 1.29 is 4.74 Å². The molecule has 3 aromatic rings. The van der Waals surface area contributed by atoms with Gasteiger partial charge in [-0.25, -0.2) is 0 Å². The van der Waals surface area contributed by atoms with E-state index in [0.29, 0.717) is 0 Å². The van der Waals surface area contributed by atoms with Crippen LogP contribution < -0.4 is 9.92 Å². The van der Waals surface area contributed by atoms with Gasteiger partial charge in [-0.15, -0.1) is 0 Å². The molecule has 0 aliphatic rings. The molecule has 122 valence electrons. The highest BCUT2D eigenvalue weighted by molar-refractivity contribution is 6.39. The lowest BCUT2D eigenvalue weighted by atomic mass is 9.94. The summed E-state index contributed by atoms with van der Waals surface area (Å²) in [6.45, 7) is 6.30. The second kappa shape index (κ2) is 6.66. The summed E-state index contributed by atoms with van der Waals surface area (Å²) in [6.07, 6.45) is 0. The molecule has 3 aromatic carbocycles. The highest BCUT2D eigenvalue weighted by Crippen LogP contribution is 2.33.